The number of carbonyl (C=O) groups excluding carboxylic acids is 1. The Bertz CT molecular complexity index is 886. The summed E-state index contributed by atoms with van der Waals surface area (Å²) in [6.45, 7) is 3.28. The molecule has 0 aliphatic rings. The van der Waals surface area contributed by atoms with Crippen molar-refractivity contribution in [3.63, 3.8) is 0 Å². The molecule has 0 aliphatic heterocycles. The van der Waals surface area contributed by atoms with Crippen molar-refractivity contribution in [2.45, 2.75) is 25.2 Å². The first-order chi connectivity index (χ1) is 13.1. The van der Waals surface area contributed by atoms with Gasteiger partial charge in [0.1, 0.15) is 0 Å². The van der Waals surface area contributed by atoms with Crippen LogP contribution in [0.25, 0.3) is 10.9 Å². The van der Waals surface area contributed by atoms with E-state index in [1.54, 1.807) is 7.11 Å². The third kappa shape index (κ3) is 4.40. The molecule has 3 aromatic rings. The van der Waals surface area contributed by atoms with Crippen molar-refractivity contribution in [1.29, 1.82) is 0 Å². The molecule has 4 heteroatoms. The SMILES string of the molecule is COCCNC(=O)C[C@H](c1cn(C)c2ccccc12)[C@H](C)c1ccccc1. The number of carbonyl (C=O) groups is 1. The molecule has 0 unspecified atom stereocenters. The Morgan fingerprint density at radius 2 is 1.81 bits per heavy atom. The molecule has 1 heterocycles. The van der Waals surface area contributed by atoms with Gasteiger partial charge >= 0.3 is 0 Å². The van der Waals surface area contributed by atoms with Gasteiger partial charge in [-0.15, -0.1) is 0 Å². The highest BCUT2D eigenvalue weighted by molar-refractivity contribution is 5.86. The van der Waals surface area contributed by atoms with Gasteiger partial charge in [0.15, 0.2) is 0 Å². The third-order valence-corrected chi connectivity index (χ3v) is 5.29. The Hall–Kier alpha value is -2.59. The number of ether oxygens (including phenoxy) is 1. The van der Waals surface area contributed by atoms with E-state index in [0.29, 0.717) is 19.6 Å². The Balaban J connectivity index is 1.95. The number of rotatable bonds is 8. The van der Waals surface area contributed by atoms with Gasteiger partial charge in [0.2, 0.25) is 5.91 Å². The van der Waals surface area contributed by atoms with Crippen LogP contribution < -0.4 is 5.32 Å². The Morgan fingerprint density at radius 1 is 1.11 bits per heavy atom. The number of aryl methyl sites for hydroxylation is 1. The summed E-state index contributed by atoms with van der Waals surface area (Å²) in [5, 5.41) is 4.19. The zero-order valence-corrected chi connectivity index (χ0v) is 16.3. The van der Waals surface area contributed by atoms with Crippen molar-refractivity contribution in [1.82, 2.24) is 9.88 Å². The van der Waals surface area contributed by atoms with Crippen LogP contribution in [0, 0.1) is 0 Å². The monoisotopic (exact) mass is 364 g/mol. The van der Waals surface area contributed by atoms with E-state index in [9.17, 15) is 4.79 Å². The van der Waals surface area contributed by atoms with Gasteiger partial charge in [0, 0.05) is 50.1 Å². The molecule has 1 N–H and O–H groups in total. The minimum atomic E-state index is 0.0627. The summed E-state index contributed by atoms with van der Waals surface area (Å²) in [6.07, 6.45) is 2.63. The Kier molecular flexibility index (Phi) is 6.30. The maximum Gasteiger partial charge on any atom is 0.220 e. The van der Waals surface area contributed by atoms with Crippen molar-refractivity contribution in [2.75, 3.05) is 20.3 Å². The van der Waals surface area contributed by atoms with E-state index < -0.39 is 0 Å². The standard InChI is InChI=1S/C23H28N2O2/c1-17(18-9-5-4-6-10-18)20(15-23(26)24-13-14-27-3)21-16-25(2)22-12-8-7-11-19(21)22/h4-12,16-17,20H,13-15H2,1-3H3,(H,24,26)/t17-,20+/m1/s1. The second-order valence-electron chi connectivity index (χ2n) is 7.07. The van der Waals surface area contributed by atoms with Crippen LogP contribution in [-0.4, -0.2) is 30.7 Å². The van der Waals surface area contributed by atoms with E-state index in [1.165, 1.54) is 22.0 Å². The number of para-hydroxylation sites is 1. The molecule has 2 aromatic carbocycles. The first-order valence-corrected chi connectivity index (χ1v) is 9.46. The van der Waals surface area contributed by atoms with Crippen LogP contribution >= 0.6 is 0 Å². The van der Waals surface area contributed by atoms with Crippen molar-refractivity contribution < 1.29 is 9.53 Å². The minimum Gasteiger partial charge on any atom is -0.383 e. The molecule has 1 amide bonds. The topological polar surface area (TPSA) is 43.3 Å². The van der Waals surface area contributed by atoms with E-state index in [0.717, 1.165) is 0 Å². The number of methoxy groups -OCH3 is 1. The van der Waals surface area contributed by atoms with Crippen molar-refractivity contribution in [2.24, 2.45) is 7.05 Å². The molecule has 142 valence electrons. The molecule has 0 saturated carbocycles. The maximum atomic E-state index is 12.6. The maximum absolute atomic E-state index is 12.6. The summed E-state index contributed by atoms with van der Waals surface area (Å²) >= 11 is 0. The Labute approximate surface area is 161 Å². The third-order valence-electron chi connectivity index (χ3n) is 5.29. The van der Waals surface area contributed by atoms with Gasteiger partial charge in [0.05, 0.1) is 6.61 Å². The molecule has 1 aromatic heterocycles. The van der Waals surface area contributed by atoms with Crippen LogP contribution in [0.2, 0.25) is 0 Å². The lowest BCUT2D eigenvalue weighted by molar-refractivity contribution is -0.121. The lowest BCUT2D eigenvalue weighted by atomic mass is 9.80. The average Bonchev–Trinajstić information content (AvgIpc) is 3.03. The predicted octanol–water partition coefficient (Wildman–Crippen LogP) is 4.22. The fourth-order valence-electron chi connectivity index (χ4n) is 3.78. The lowest BCUT2D eigenvalue weighted by Gasteiger charge is -2.24. The number of amides is 1. The highest BCUT2D eigenvalue weighted by Crippen LogP contribution is 2.39. The number of benzene rings is 2. The number of nitrogens with zero attached hydrogens (tertiary/aromatic N) is 1. The number of nitrogens with one attached hydrogen (secondary N) is 1. The van der Waals surface area contributed by atoms with Gasteiger partial charge < -0.3 is 14.6 Å². The molecule has 27 heavy (non-hydrogen) atoms. The van der Waals surface area contributed by atoms with E-state index in [4.69, 9.17) is 4.74 Å². The van der Waals surface area contributed by atoms with Gasteiger partial charge in [-0.05, 0) is 23.1 Å². The fraction of sp³-hybridized carbons (Fsp3) is 0.348. The summed E-state index contributed by atoms with van der Waals surface area (Å²) in [5.74, 6) is 0.388. The second kappa shape index (κ2) is 8.87. The molecule has 3 rings (SSSR count). The van der Waals surface area contributed by atoms with Crippen molar-refractivity contribution >= 4 is 16.8 Å². The molecule has 0 aliphatic carbocycles. The molecule has 2 atom stereocenters. The number of aromatic nitrogens is 1. The van der Waals surface area contributed by atoms with Crippen LogP contribution in [-0.2, 0) is 16.6 Å². The summed E-state index contributed by atoms with van der Waals surface area (Å²) < 4.78 is 7.19. The van der Waals surface area contributed by atoms with Crippen LogP contribution in [0.15, 0.2) is 60.8 Å². The van der Waals surface area contributed by atoms with E-state index in [2.05, 4.69) is 78.6 Å². The first-order valence-electron chi connectivity index (χ1n) is 9.46. The molecule has 4 nitrogen and oxygen atoms in total. The van der Waals surface area contributed by atoms with Crippen LogP contribution in [0.1, 0.15) is 36.3 Å². The van der Waals surface area contributed by atoms with Gasteiger partial charge in [-0.1, -0.05) is 55.5 Å². The smallest absolute Gasteiger partial charge is 0.220 e. The Morgan fingerprint density at radius 3 is 2.56 bits per heavy atom. The van der Waals surface area contributed by atoms with Crippen LogP contribution in [0.4, 0.5) is 0 Å². The number of hydrogen-bond donors (Lipinski definition) is 1. The largest absolute Gasteiger partial charge is 0.383 e. The van der Waals surface area contributed by atoms with Crippen LogP contribution in [0.3, 0.4) is 0 Å². The van der Waals surface area contributed by atoms with Gasteiger partial charge in [0.25, 0.3) is 0 Å². The van der Waals surface area contributed by atoms with Crippen molar-refractivity contribution in [3.05, 3.63) is 71.9 Å². The first kappa shape index (κ1) is 19.2. The molecular weight excluding hydrogens is 336 g/mol. The highest BCUT2D eigenvalue weighted by atomic mass is 16.5. The minimum absolute atomic E-state index is 0.0627. The quantitative estimate of drug-likeness (QED) is 0.608. The molecule has 0 radical (unpaired) electrons. The van der Waals surface area contributed by atoms with Gasteiger partial charge in [-0.25, -0.2) is 0 Å². The second-order valence-corrected chi connectivity index (χ2v) is 7.07. The predicted molar refractivity (Wildman–Crippen MR) is 110 cm³/mol. The van der Waals surface area contributed by atoms with E-state index >= 15 is 0 Å². The fourth-order valence-corrected chi connectivity index (χ4v) is 3.78. The molecule has 0 saturated heterocycles. The van der Waals surface area contributed by atoms with E-state index in [1.807, 2.05) is 6.07 Å². The molecule has 0 spiro atoms. The zero-order valence-electron chi connectivity index (χ0n) is 16.3. The lowest BCUT2D eigenvalue weighted by Crippen LogP contribution is -2.29. The highest BCUT2D eigenvalue weighted by Gasteiger charge is 2.26. The summed E-state index contributed by atoms with van der Waals surface area (Å²) in [7, 11) is 3.71. The van der Waals surface area contributed by atoms with Crippen molar-refractivity contribution in [3.8, 4) is 0 Å². The van der Waals surface area contributed by atoms with Gasteiger partial charge in [-0.3, -0.25) is 4.79 Å². The zero-order chi connectivity index (χ0) is 19.2. The summed E-state index contributed by atoms with van der Waals surface area (Å²) in [5.41, 5.74) is 3.67. The van der Waals surface area contributed by atoms with E-state index in [-0.39, 0.29) is 17.7 Å². The number of hydrogen-bond acceptors (Lipinski definition) is 2. The number of fused-ring (bicyclic) bond motifs is 1. The van der Waals surface area contributed by atoms with Gasteiger partial charge in [-0.2, -0.15) is 0 Å². The average molecular weight is 364 g/mol. The van der Waals surface area contributed by atoms with Crippen LogP contribution in [0.5, 0.6) is 0 Å². The normalized spacial score (nSPS) is 13.4. The molecule has 0 bridgehead atoms. The molecular formula is C23H28N2O2. The summed E-state index contributed by atoms with van der Waals surface area (Å²) in [6, 6.07) is 18.8. The summed E-state index contributed by atoms with van der Waals surface area (Å²) in [4.78, 5) is 12.6. The molecule has 0 fully saturated rings.